The van der Waals surface area contributed by atoms with E-state index in [2.05, 4.69) is 20.9 Å². The van der Waals surface area contributed by atoms with Gasteiger partial charge in [-0.1, -0.05) is 27.5 Å². The van der Waals surface area contributed by atoms with E-state index in [0.29, 0.717) is 0 Å². The molecule has 0 amide bonds. The number of carboxylic acids is 1. The van der Waals surface area contributed by atoms with Gasteiger partial charge in [-0.2, -0.15) is 0 Å². The highest BCUT2D eigenvalue weighted by Gasteiger charge is 2.19. The van der Waals surface area contributed by atoms with Gasteiger partial charge in [-0.15, -0.1) is 0 Å². The molecule has 0 saturated heterocycles. The Morgan fingerprint density at radius 3 is 2.67 bits per heavy atom. The lowest BCUT2D eigenvalue weighted by Crippen LogP contribution is -2.05. The average molecular weight is 300 g/mol. The molecule has 1 N–H and O–H groups in total. The third kappa shape index (κ3) is 2.63. The number of nitrogens with zero attached hydrogens (tertiary/aromatic N) is 1. The van der Waals surface area contributed by atoms with Crippen molar-refractivity contribution in [1.29, 1.82) is 0 Å². The Balaban J connectivity index is 3.38. The monoisotopic (exact) mass is 299 g/mol. The molecule has 0 aliphatic carbocycles. The second-order valence-corrected chi connectivity index (χ2v) is 3.52. The molecule has 0 aliphatic heterocycles. The minimum Gasteiger partial charge on any atom is -0.477 e. The van der Waals surface area contributed by atoms with Crippen molar-refractivity contribution < 1.29 is 18.7 Å². The highest BCUT2D eigenvalue weighted by Crippen LogP contribution is 2.29. The Hall–Kier alpha value is -0.750. The number of aromatic carboxylic acids is 1. The van der Waals surface area contributed by atoms with Crippen LogP contribution in [0, 0.1) is 0 Å². The first kappa shape index (κ1) is 12.3. The van der Waals surface area contributed by atoms with Gasteiger partial charge in [0.15, 0.2) is 0 Å². The minimum atomic E-state index is -2.78. The summed E-state index contributed by atoms with van der Waals surface area (Å²) in [5, 5.41) is 8.48. The zero-order chi connectivity index (χ0) is 11.6. The number of hydrogen-bond acceptors (Lipinski definition) is 2. The molecule has 1 heterocycles. The van der Waals surface area contributed by atoms with Crippen LogP contribution >= 0.6 is 27.5 Å². The Bertz CT molecular complexity index is 400. The predicted octanol–water partition coefficient (Wildman–Crippen LogP) is 3.27. The Morgan fingerprint density at radius 1 is 1.67 bits per heavy atom. The van der Waals surface area contributed by atoms with Crippen molar-refractivity contribution in [3.8, 4) is 0 Å². The average Bonchev–Trinajstić information content (AvgIpc) is 2.16. The number of rotatable bonds is 3. The zero-order valence-electron chi connectivity index (χ0n) is 7.18. The quantitative estimate of drug-likeness (QED) is 0.688. The SMILES string of the molecule is O=C(O)c1cc(C(F)F)c(CBr)c(Cl)n1. The molecule has 1 aromatic heterocycles. The van der Waals surface area contributed by atoms with Gasteiger partial charge in [0, 0.05) is 16.5 Å². The summed E-state index contributed by atoms with van der Waals surface area (Å²) < 4.78 is 25.1. The standard InChI is InChI=1S/C8H5BrClF2NO2/c9-2-4-3(7(11)12)1-5(8(14)15)13-6(4)10/h1,7H,2H2,(H,14,15). The number of carboxylic acid groups (broad SMARTS) is 1. The van der Waals surface area contributed by atoms with Crippen LogP contribution in [-0.2, 0) is 5.33 Å². The molecule has 0 spiro atoms. The van der Waals surface area contributed by atoms with Gasteiger partial charge in [0.25, 0.3) is 6.43 Å². The van der Waals surface area contributed by atoms with Crippen LogP contribution in [0.2, 0.25) is 5.15 Å². The zero-order valence-corrected chi connectivity index (χ0v) is 9.52. The largest absolute Gasteiger partial charge is 0.477 e. The maximum atomic E-state index is 12.5. The molecule has 1 rings (SSSR count). The Morgan fingerprint density at radius 2 is 2.27 bits per heavy atom. The number of halogens is 4. The number of alkyl halides is 3. The van der Waals surface area contributed by atoms with Gasteiger partial charge in [0.1, 0.15) is 10.8 Å². The maximum Gasteiger partial charge on any atom is 0.354 e. The topological polar surface area (TPSA) is 50.2 Å². The molecule has 0 saturated carbocycles. The van der Waals surface area contributed by atoms with Crippen molar-refractivity contribution in [2.24, 2.45) is 0 Å². The molecule has 82 valence electrons. The number of carbonyl (C=O) groups is 1. The van der Waals surface area contributed by atoms with E-state index in [1.165, 1.54) is 0 Å². The first-order valence-corrected chi connectivity index (χ1v) is 5.24. The molecule has 0 aromatic carbocycles. The second-order valence-electron chi connectivity index (χ2n) is 2.61. The van der Waals surface area contributed by atoms with Crippen molar-refractivity contribution in [2.75, 3.05) is 0 Å². The summed E-state index contributed by atoms with van der Waals surface area (Å²) in [6.07, 6.45) is -2.78. The van der Waals surface area contributed by atoms with Gasteiger partial charge in [-0.25, -0.2) is 18.6 Å². The number of aromatic nitrogens is 1. The molecule has 0 fully saturated rings. The first-order valence-electron chi connectivity index (χ1n) is 3.74. The molecule has 15 heavy (non-hydrogen) atoms. The second kappa shape index (κ2) is 4.85. The number of pyridine rings is 1. The number of hydrogen-bond donors (Lipinski definition) is 1. The minimum absolute atomic E-state index is 0.0956. The van der Waals surface area contributed by atoms with Crippen LogP contribution in [0.3, 0.4) is 0 Å². The van der Waals surface area contributed by atoms with Gasteiger partial charge in [0.2, 0.25) is 0 Å². The van der Waals surface area contributed by atoms with Crippen LogP contribution in [0.25, 0.3) is 0 Å². The van der Waals surface area contributed by atoms with Crippen molar-refractivity contribution in [1.82, 2.24) is 4.98 Å². The fraction of sp³-hybridized carbons (Fsp3) is 0.250. The molecular weight excluding hydrogens is 295 g/mol. The van der Waals surface area contributed by atoms with Crippen molar-refractivity contribution in [3.63, 3.8) is 0 Å². The summed E-state index contributed by atoms with van der Waals surface area (Å²) in [7, 11) is 0. The summed E-state index contributed by atoms with van der Waals surface area (Å²) in [5.74, 6) is -1.39. The van der Waals surface area contributed by atoms with Gasteiger partial charge in [-0.05, 0) is 6.07 Å². The van der Waals surface area contributed by atoms with E-state index >= 15 is 0 Å². The molecule has 0 aliphatic rings. The van der Waals surface area contributed by atoms with E-state index in [0.717, 1.165) is 6.07 Å². The van der Waals surface area contributed by atoms with Crippen molar-refractivity contribution in [3.05, 3.63) is 28.0 Å². The fourth-order valence-corrected chi connectivity index (χ4v) is 2.01. The molecule has 0 unspecified atom stereocenters. The van der Waals surface area contributed by atoms with Crippen molar-refractivity contribution >= 4 is 33.5 Å². The third-order valence-corrected chi connectivity index (χ3v) is 2.57. The molecule has 1 aromatic rings. The van der Waals surface area contributed by atoms with Crippen LogP contribution in [0.15, 0.2) is 6.07 Å². The fourth-order valence-electron chi connectivity index (χ4n) is 0.996. The lowest BCUT2D eigenvalue weighted by atomic mass is 10.1. The van der Waals surface area contributed by atoms with E-state index in [1.54, 1.807) is 0 Å². The van der Waals surface area contributed by atoms with Gasteiger partial charge < -0.3 is 5.11 Å². The molecule has 0 radical (unpaired) electrons. The summed E-state index contributed by atoms with van der Waals surface area (Å²) in [6, 6.07) is 0.829. The lowest BCUT2D eigenvalue weighted by molar-refractivity contribution is 0.0690. The predicted molar refractivity (Wildman–Crippen MR) is 53.8 cm³/mol. The van der Waals surface area contributed by atoms with Crippen LogP contribution in [0.4, 0.5) is 8.78 Å². The van der Waals surface area contributed by atoms with E-state index < -0.39 is 23.7 Å². The molecule has 0 atom stereocenters. The van der Waals surface area contributed by atoms with Crippen molar-refractivity contribution in [2.45, 2.75) is 11.8 Å². The van der Waals surface area contributed by atoms with Crippen LogP contribution in [0.1, 0.15) is 28.0 Å². The Labute approximate surface area is 97.2 Å². The van der Waals surface area contributed by atoms with E-state index in [1.807, 2.05) is 0 Å². The van der Waals surface area contributed by atoms with Gasteiger partial charge in [-0.3, -0.25) is 0 Å². The third-order valence-electron chi connectivity index (χ3n) is 1.70. The highest BCUT2D eigenvalue weighted by molar-refractivity contribution is 9.08. The molecule has 7 heteroatoms. The molecule has 3 nitrogen and oxygen atoms in total. The normalized spacial score (nSPS) is 10.7. The summed E-state index contributed by atoms with van der Waals surface area (Å²) >= 11 is 8.57. The van der Waals surface area contributed by atoms with Gasteiger partial charge >= 0.3 is 5.97 Å². The van der Waals surface area contributed by atoms with Gasteiger partial charge in [0.05, 0.1) is 0 Å². The van der Waals surface area contributed by atoms with Crippen LogP contribution in [-0.4, -0.2) is 16.1 Å². The smallest absolute Gasteiger partial charge is 0.354 e. The first-order chi connectivity index (χ1) is 6.97. The lowest BCUT2D eigenvalue weighted by Gasteiger charge is -2.08. The van der Waals surface area contributed by atoms with E-state index in [4.69, 9.17) is 16.7 Å². The Kier molecular flexibility index (Phi) is 3.98. The molecule has 0 bridgehead atoms. The maximum absolute atomic E-state index is 12.5. The van der Waals surface area contributed by atoms with E-state index in [9.17, 15) is 13.6 Å². The summed E-state index contributed by atoms with van der Waals surface area (Å²) in [6.45, 7) is 0. The highest BCUT2D eigenvalue weighted by atomic mass is 79.9. The molecular formula is C8H5BrClF2NO2. The summed E-state index contributed by atoms with van der Waals surface area (Å²) in [4.78, 5) is 14.0. The van der Waals surface area contributed by atoms with E-state index in [-0.39, 0.29) is 16.0 Å². The summed E-state index contributed by atoms with van der Waals surface area (Å²) in [5.41, 5.74) is -0.791. The van der Waals surface area contributed by atoms with Crippen LogP contribution in [0.5, 0.6) is 0 Å². The van der Waals surface area contributed by atoms with Crippen LogP contribution < -0.4 is 0 Å².